The van der Waals surface area contributed by atoms with E-state index in [0.29, 0.717) is 17.6 Å². The Kier molecular flexibility index (Phi) is 11.1. The summed E-state index contributed by atoms with van der Waals surface area (Å²) in [6, 6.07) is 31.4. The van der Waals surface area contributed by atoms with Crippen molar-refractivity contribution in [1.29, 1.82) is 0 Å². The second-order valence-corrected chi connectivity index (χ2v) is 12.6. The summed E-state index contributed by atoms with van der Waals surface area (Å²) in [6.07, 6.45) is 28.3. The first-order valence-electron chi connectivity index (χ1n) is 17.9. The minimum atomic E-state index is 0.257. The van der Waals surface area contributed by atoms with Crippen molar-refractivity contribution in [1.82, 2.24) is 19.9 Å². The number of allylic oxidation sites excluding steroid dienone is 9. The first-order chi connectivity index (χ1) is 25.1. The number of terminal acetylenes is 1. The fraction of sp³-hybridized carbons (Fsp3) is 0.191. The van der Waals surface area contributed by atoms with Gasteiger partial charge in [-0.05, 0) is 72.6 Å². The average molecular weight is 665 g/mol. The molecular formula is C47H44N4. The number of nitrogens with zero attached hydrogens (tertiary/aromatic N) is 4. The monoisotopic (exact) mass is 664 g/mol. The zero-order chi connectivity index (χ0) is 35.7. The highest BCUT2D eigenvalue weighted by atomic mass is 15.0. The molecule has 252 valence electrons. The zero-order valence-electron chi connectivity index (χ0n) is 29.9. The molecule has 5 aromatic rings. The van der Waals surface area contributed by atoms with E-state index in [0.717, 1.165) is 46.7 Å². The molecular weight excluding hydrogens is 621 g/mol. The van der Waals surface area contributed by atoms with Crippen molar-refractivity contribution in [2.24, 2.45) is 5.92 Å². The number of fused-ring (bicyclic) bond motifs is 3. The van der Waals surface area contributed by atoms with E-state index in [1.807, 2.05) is 57.2 Å². The molecule has 4 nitrogen and oxygen atoms in total. The molecule has 0 fully saturated rings. The van der Waals surface area contributed by atoms with E-state index in [9.17, 15) is 0 Å². The van der Waals surface area contributed by atoms with Crippen LogP contribution < -0.4 is 0 Å². The lowest BCUT2D eigenvalue weighted by molar-refractivity contribution is 0.627. The third kappa shape index (κ3) is 7.35. The van der Waals surface area contributed by atoms with Gasteiger partial charge in [-0.1, -0.05) is 141 Å². The van der Waals surface area contributed by atoms with Crippen molar-refractivity contribution < 1.29 is 0 Å². The second kappa shape index (κ2) is 16.2. The van der Waals surface area contributed by atoms with Gasteiger partial charge in [-0.3, -0.25) is 4.98 Å². The molecule has 8 rings (SSSR count). The van der Waals surface area contributed by atoms with Crippen LogP contribution in [0.25, 0.3) is 40.2 Å². The minimum absolute atomic E-state index is 0.257. The fourth-order valence-electron chi connectivity index (χ4n) is 7.11. The van der Waals surface area contributed by atoms with Crippen molar-refractivity contribution in [2.75, 3.05) is 0 Å². The summed E-state index contributed by atoms with van der Waals surface area (Å²) in [6.45, 7) is 8.16. The van der Waals surface area contributed by atoms with E-state index in [4.69, 9.17) is 19.9 Å². The number of aromatic nitrogens is 4. The number of hydrogen-bond acceptors (Lipinski definition) is 4. The van der Waals surface area contributed by atoms with Gasteiger partial charge < -0.3 is 0 Å². The van der Waals surface area contributed by atoms with Crippen LogP contribution in [0.5, 0.6) is 0 Å². The summed E-state index contributed by atoms with van der Waals surface area (Å²) in [7, 11) is 0. The van der Waals surface area contributed by atoms with E-state index < -0.39 is 0 Å². The lowest BCUT2D eigenvalue weighted by Crippen LogP contribution is -2.10. The third-order valence-corrected chi connectivity index (χ3v) is 9.56. The molecule has 3 atom stereocenters. The van der Waals surface area contributed by atoms with Crippen molar-refractivity contribution >= 4 is 6.08 Å². The first-order valence-corrected chi connectivity index (χ1v) is 17.9. The molecule has 0 spiro atoms. The van der Waals surface area contributed by atoms with Crippen LogP contribution in [-0.2, 0) is 6.42 Å². The van der Waals surface area contributed by atoms with E-state index in [1.54, 1.807) is 0 Å². The van der Waals surface area contributed by atoms with Crippen LogP contribution in [0.1, 0.15) is 67.1 Å². The predicted molar refractivity (Wildman–Crippen MR) is 213 cm³/mol. The molecule has 0 radical (unpaired) electrons. The highest BCUT2D eigenvalue weighted by molar-refractivity contribution is 5.71. The molecule has 0 saturated heterocycles. The molecule has 0 saturated carbocycles. The number of rotatable bonds is 6. The lowest BCUT2D eigenvalue weighted by Gasteiger charge is -2.24. The molecule has 2 aromatic heterocycles. The van der Waals surface area contributed by atoms with Gasteiger partial charge in [-0.25, -0.2) is 15.0 Å². The predicted octanol–water partition coefficient (Wildman–Crippen LogP) is 11.3. The number of pyridine rings is 1. The van der Waals surface area contributed by atoms with Gasteiger partial charge >= 0.3 is 0 Å². The summed E-state index contributed by atoms with van der Waals surface area (Å²) in [5, 5.41) is 0. The van der Waals surface area contributed by atoms with Gasteiger partial charge in [0, 0.05) is 34.2 Å². The summed E-state index contributed by atoms with van der Waals surface area (Å²) >= 11 is 0. The highest BCUT2D eigenvalue weighted by Gasteiger charge is 2.35. The molecule has 2 heterocycles. The summed E-state index contributed by atoms with van der Waals surface area (Å²) in [5.74, 6) is 3.06. The molecule has 0 aliphatic heterocycles. The third-order valence-electron chi connectivity index (χ3n) is 9.56. The first kappa shape index (κ1) is 34.9. The molecule has 0 amide bonds. The second-order valence-electron chi connectivity index (χ2n) is 12.6. The Morgan fingerprint density at radius 2 is 1.33 bits per heavy atom. The molecule has 3 unspecified atom stereocenters. The van der Waals surface area contributed by atoms with Crippen molar-refractivity contribution in [3.05, 3.63) is 173 Å². The van der Waals surface area contributed by atoms with Gasteiger partial charge in [0.1, 0.15) is 0 Å². The minimum Gasteiger partial charge on any atom is -0.253 e. The van der Waals surface area contributed by atoms with E-state index in [-0.39, 0.29) is 11.8 Å². The summed E-state index contributed by atoms with van der Waals surface area (Å²) < 4.78 is 0. The van der Waals surface area contributed by atoms with E-state index in [2.05, 4.69) is 123 Å². The van der Waals surface area contributed by atoms with E-state index in [1.165, 1.54) is 27.8 Å². The maximum absolute atomic E-state index is 5.09. The van der Waals surface area contributed by atoms with E-state index >= 15 is 0 Å². The molecule has 3 aliphatic carbocycles. The normalized spacial score (nSPS) is 18.4. The topological polar surface area (TPSA) is 51.6 Å². The van der Waals surface area contributed by atoms with Gasteiger partial charge in [0.05, 0.1) is 5.69 Å². The SMILES string of the molecule is C#C.C/C=C\c1nc(C2C=CC(C3=CC4c5c(cccc5-c5nc(-c6ccccc6)nc(-c6ccccc6)n5)CC4C=C3)=CC2)ccc1C.CC. The van der Waals surface area contributed by atoms with Gasteiger partial charge in [0.15, 0.2) is 17.5 Å². The Bertz CT molecular complexity index is 2110. The maximum Gasteiger partial charge on any atom is 0.164 e. The van der Waals surface area contributed by atoms with Crippen LogP contribution in [0.3, 0.4) is 0 Å². The Hall–Kier alpha value is -5.92. The van der Waals surface area contributed by atoms with Gasteiger partial charge in [0.2, 0.25) is 0 Å². The highest BCUT2D eigenvalue weighted by Crippen LogP contribution is 2.47. The van der Waals surface area contributed by atoms with Crippen LogP contribution in [-0.4, -0.2) is 19.9 Å². The van der Waals surface area contributed by atoms with Crippen LogP contribution in [0.2, 0.25) is 0 Å². The summed E-state index contributed by atoms with van der Waals surface area (Å²) in [5.41, 5.74) is 11.7. The van der Waals surface area contributed by atoms with Gasteiger partial charge in [-0.2, -0.15) is 0 Å². The average Bonchev–Trinajstić information content (AvgIpc) is 3.59. The van der Waals surface area contributed by atoms with Crippen molar-refractivity contribution in [3.63, 3.8) is 0 Å². The van der Waals surface area contributed by atoms with Crippen LogP contribution in [0, 0.1) is 25.7 Å². The van der Waals surface area contributed by atoms with Crippen LogP contribution in [0.15, 0.2) is 145 Å². The van der Waals surface area contributed by atoms with Gasteiger partial charge in [-0.15, -0.1) is 12.8 Å². The standard InChI is InChI=1S/C43H36N4.C2H6.C2H2/c1-3-11-38-28(2)18-25-39(44-38)30-21-19-29(20-22-30)33-23-24-34-26-35-16-10-17-36(40(35)37(34)27-33)43-46-41(31-12-6-4-7-13-31)45-42(47-43)32-14-8-5-9-15-32;2*1-2/h3-21,23-25,27,30,34,37H,22,26H2,1-2H3;1-2H3;1-2H/b11-3-;;. The number of hydrogen-bond donors (Lipinski definition) is 0. The van der Waals surface area contributed by atoms with Crippen LogP contribution in [0.4, 0.5) is 0 Å². The molecule has 3 aromatic carbocycles. The van der Waals surface area contributed by atoms with Gasteiger partial charge in [0.25, 0.3) is 0 Å². The van der Waals surface area contributed by atoms with Crippen molar-refractivity contribution in [2.45, 2.75) is 52.4 Å². The molecule has 3 aliphatic rings. The number of aryl methyl sites for hydroxylation is 1. The van der Waals surface area contributed by atoms with Crippen LogP contribution >= 0.6 is 0 Å². The molecule has 51 heavy (non-hydrogen) atoms. The largest absolute Gasteiger partial charge is 0.253 e. The fourth-order valence-corrected chi connectivity index (χ4v) is 7.11. The Morgan fingerprint density at radius 3 is 1.96 bits per heavy atom. The molecule has 0 N–H and O–H groups in total. The van der Waals surface area contributed by atoms with Crippen molar-refractivity contribution in [3.8, 4) is 47.0 Å². The quantitative estimate of drug-likeness (QED) is 0.170. The Labute approximate surface area is 303 Å². The molecule has 4 heteroatoms. The molecule has 0 bridgehead atoms. The zero-order valence-corrected chi connectivity index (χ0v) is 29.9. The maximum atomic E-state index is 5.09. The summed E-state index contributed by atoms with van der Waals surface area (Å²) in [4.78, 5) is 20.1. The number of benzene rings is 3. The Morgan fingerprint density at radius 1 is 0.686 bits per heavy atom. The lowest BCUT2D eigenvalue weighted by atomic mass is 9.81. The smallest absolute Gasteiger partial charge is 0.164 e. The Balaban J connectivity index is 0.00000108.